The van der Waals surface area contributed by atoms with Crippen LogP contribution in [0.1, 0.15) is 22.3 Å². The van der Waals surface area contributed by atoms with Crippen molar-refractivity contribution in [3.8, 4) is 35.2 Å². The third kappa shape index (κ3) is 6.62. The molecular formula is C28H18O4. The topological polar surface area (TPSA) is 52.6 Å². The molecule has 0 heterocycles. The Hall–Kier alpha value is -4.80. The molecule has 4 heteroatoms. The second-order valence-electron chi connectivity index (χ2n) is 6.38. The fourth-order valence-electron chi connectivity index (χ4n) is 2.45. The second-order valence-corrected chi connectivity index (χ2v) is 6.38. The van der Waals surface area contributed by atoms with E-state index in [9.17, 15) is 9.59 Å². The van der Waals surface area contributed by atoms with Crippen LogP contribution in [0.5, 0.6) is 11.5 Å². The second kappa shape index (κ2) is 10.8. The molecule has 0 spiro atoms. The van der Waals surface area contributed by atoms with Crippen molar-refractivity contribution in [1.82, 2.24) is 0 Å². The molecule has 32 heavy (non-hydrogen) atoms. The number of hydrogen-bond acceptors (Lipinski definition) is 4. The third-order valence-corrected chi connectivity index (χ3v) is 4.07. The van der Waals surface area contributed by atoms with E-state index in [1.165, 1.54) is 0 Å². The Labute approximate surface area is 186 Å². The molecule has 0 radical (unpaired) electrons. The summed E-state index contributed by atoms with van der Waals surface area (Å²) < 4.78 is 10.1. The lowest BCUT2D eigenvalue weighted by molar-refractivity contribution is -0.129. The first-order chi connectivity index (χ1) is 15.6. The zero-order chi connectivity index (χ0) is 22.8. The standard InChI is InChI=1S/C28H18O4/c1-3-27(29)31-25-17-13-23(14-18-25)11-9-21-5-7-22(8-6-21)10-12-24-15-19-26(20-16-24)32-28(30)4-2/h3-8,13-20H,1-2H2. The lowest BCUT2D eigenvalue weighted by Gasteiger charge is -2.00. The molecule has 3 aromatic rings. The highest BCUT2D eigenvalue weighted by molar-refractivity contribution is 5.83. The Balaban J connectivity index is 1.62. The maximum Gasteiger partial charge on any atom is 0.335 e. The van der Waals surface area contributed by atoms with Gasteiger partial charge in [-0.3, -0.25) is 0 Å². The van der Waals surface area contributed by atoms with Gasteiger partial charge in [-0.1, -0.05) is 36.8 Å². The molecule has 3 aromatic carbocycles. The SMILES string of the molecule is C=CC(=O)Oc1ccc(C#Cc2ccc(C#Cc3ccc(OC(=O)C=C)cc3)cc2)cc1. The van der Waals surface area contributed by atoms with Gasteiger partial charge in [0.25, 0.3) is 0 Å². The van der Waals surface area contributed by atoms with Crippen molar-refractivity contribution in [1.29, 1.82) is 0 Å². The molecule has 0 aliphatic heterocycles. The first-order valence-electron chi connectivity index (χ1n) is 9.58. The summed E-state index contributed by atoms with van der Waals surface area (Å²) in [6.45, 7) is 6.72. The highest BCUT2D eigenvalue weighted by Gasteiger charge is 1.99. The zero-order valence-electron chi connectivity index (χ0n) is 17.1. The number of carbonyl (C=O) groups excluding carboxylic acids is 2. The largest absolute Gasteiger partial charge is 0.423 e. The molecule has 0 bridgehead atoms. The summed E-state index contributed by atoms with van der Waals surface area (Å²) in [5.74, 6) is 12.2. The van der Waals surface area contributed by atoms with Gasteiger partial charge in [0, 0.05) is 34.4 Å². The van der Waals surface area contributed by atoms with Crippen LogP contribution in [0, 0.1) is 23.7 Å². The maximum atomic E-state index is 11.2. The van der Waals surface area contributed by atoms with Gasteiger partial charge in [0.2, 0.25) is 0 Å². The molecule has 0 saturated carbocycles. The highest BCUT2D eigenvalue weighted by atomic mass is 16.5. The minimum atomic E-state index is -0.502. The van der Waals surface area contributed by atoms with E-state index in [-0.39, 0.29) is 0 Å². The lowest BCUT2D eigenvalue weighted by Crippen LogP contribution is -2.02. The summed E-state index contributed by atoms with van der Waals surface area (Å²) in [4.78, 5) is 22.4. The van der Waals surface area contributed by atoms with Crippen LogP contribution in [0.4, 0.5) is 0 Å². The molecule has 0 aromatic heterocycles. The average molecular weight is 418 g/mol. The minimum absolute atomic E-state index is 0.441. The van der Waals surface area contributed by atoms with E-state index < -0.39 is 11.9 Å². The molecule has 4 nitrogen and oxygen atoms in total. The molecule has 0 atom stereocenters. The summed E-state index contributed by atoms with van der Waals surface area (Å²) in [6.07, 6.45) is 2.22. The Morgan fingerprint density at radius 2 is 0.781 bits per heavy atom. The summed E-state index contributed by atoms with van der Waals surface area (Å²) in [6, 6.07) is 21.4. The van der Waals surface area contributed by atoms with Crippen molar-refractivity contribution in [2.45, 2.75) is 0 Å². The molecule has 0 unspecified atom stereocenters. The van der Waals surface area contributed by atoms with Crippen LogP contribution in [0.15, 0.2) is 98.1 Å². The maximum absolute atomic E-state index is 11.2. The molecular weight excluding hydrogens is 400 g/mol. The summed E-state index contributed by atoms with van der Waals surface area (Å²) in [5.41, 5.74) is 3.31. The predicted molar refractivity (Wildman–Crippen MR) is 123 cm³/mol. The van der Waals surface area contributed by atoms with Gasteiger partial charge >= 0.3 is 11.9 Å². The van der Waals surface area contributed by atoms with Crippen LogP contribution < -0.4 is 9.47 Å². The Bertz CT molecular complexity index is 1160. The van der Waals surface area contributed by atoms with E-state index in [0.29, 0.717) is 11.5 Å². The minimum Gasteiger partial charge on any atom is -0.423 e. The summed E-state index contributed by atoms with van der Waals surface area (Å²) >= 11 is 0. The van der Waals surface area contributed by atoms with Crippen LogP contribution in [0.25, 0.3) is 0 Å². The Morgan fingerprint density at radius 1 is 0.531 bits per heavy atom. The van der Waals surface area contributed by atoms with Gasteiger partial charge in [-0.25, -0.2) is 9.59 Å². The van der Waals surface area contributed by atoms with Crippen LogP contribution in [0.3, 0.4) is 0 Å². The fraction of sp³-hybridized carbons (Fsp3) is 0. The van der Waals surface area contributed by atoms with Gasteiger partial charge in [-0.2, -0.15) is 0 Å². The smallest absolute Gasteiger partial charge is 0.335 e. The van der Waals surface area contributed by atoms with Gasteiger partial charge in [-0.05, 0) is 72.8 Å². The first-order valence-corrected chi connectivity index (χ1v) is 9.58. The van der Waals surface area contributed by atoms with Crippen molar-refractivity contribution in [2.24, 2.45) is 0 Å². The van der Waals surface area contributed by atoms with Crippen molar-refractivity contribution in [3.63, 3.8) is 0 Å². The number of ether oxygens (including phenoxy) is 2. The van der Waals surface area contributed by atoms with Crippen molar-refractivity contribution >= 4 is 11.9 Å². The quantitative estimate of drug-likeness (QED) is 0.267. The number of rotatable bonds is 4. The van der Waals surface area contributed by atoms with E-state index >= 15 is 0 Å². The number of esters is 2. The molecule has 3 rings (SSSR count). The average Bonchev–Trinajstić information content (AvgIpc) is 2.83. The van der Waals surface area contributed by atoms with Crippen molar-refractivity contribution < 1.29 is 19.1 Å². The van der Waals surface area contributed by atoms with Gasteiger partial charge < -0.3 is 9.47 Å². The molecule has 0 aliphatic rings. The Morgan fingerprint density at radius 3 is 1.03 bits per heavy atom. The van der Waals surface area contributed by atoms with Gasteiger partial charge in [0.1, 0.15) is 11.5 Å². The normalized spacial score (nSPS) is 9.25. The van der Waals surface area contributed by atoms with Crippen LogP contribution >= 0.6 is 0 Å². The summed E-state index contributed by atoms with van der Waals surface area (Å²) in [5, 5.41) is 0. The number of hydrogen-bond donors (Lipinski definition) is 0. The molecule has 0 amide bonds. The van der Waals surface area contributed by atoms with E-state index in [1.807, 2.05) is 24.3 Å². The van der Waals surface area contributed by atoms with Crippen LogP contribution in [0.2, 0.25) is 0 Å². The van der Waals surface area contributed by atoms with Gasteiger partial charge in [0.15, 0.2) is 0 Å². The highest BCUT2D eigenvalue weighted by Crippen LogP contribution is 2.13. The molecule has 0 N–H and O–H groups in total. The lowest BCUT2D eigenvalue weighted by atomic mass is 10.1. The van der Waals surface area contributed by atoms with Gasteiger partial charge in [-0.15, -0.1) is 0 Å². The first kappa shape index (κ1) is 21.9. The van der Waals surface area contributed by atoms with E-state index in [0.717, 1.165) is 34.4 Å². The number of benzene rings is 3. The molecule has 154 valence electrons. The van der Waals surface area contributed by atoms with E-state index in [2.05, 4.69) is 36.8 Å². The summed E-state index contributed by atoms with van der Waals surface area (Å²) in [7, 11) is 0. The third-order valence-electron chi connectivity index (χ3n) is 4.07. The fourth-order valence-corrected chi connectivity index (χ4v) is 2.45. The monoisotopic (exact) mass is 418 g/mol. The van der Waals surface area contributed by atoms with Crippen LogP contribution in [-0.2, 0) is 9.59 Å². The van der Waals surface area contributed by atoms with Crippen molar-refractivity contribution in [3.05, 3.63) is 120 Å². The van der Waals surface area contributed by atoms with E-state index in [4.69, 9.17) is 9.47 Å². The van der Waals surface area contributed by atoms with E-state index in [1.54, 1.807) is 48.5 Å². The molecule has 0 aliphatic carbocycles. The Kier molecular flexibility index (Phi) is 7.41. The number of carbonyl (C=O) groups is 2. The van der Waals surface area contributed by atoms with Crippen LogP contribution in [-0.4, -0.2) is 11.9 Å². The van der Waals surface area contributed by atoms with Crippen molar-refractivity contribution in [2.75, 3.05) is 0 Å². The molecule has 0 fully saturated rings. The van der Waals surface area contributed by atoms with Gasteiger partial charge in [0.05, 0.1) is 0 Å². The zero-order valence-corrected chi connectivity index (χ0v) is 17.1. The molecule has 0 saturated heterocycles. The predicted octanol–water partition coefficient (Wildman–Crippen LogP) is 4.67.